The summed E-state index contributed by atoms with van der Waals surface area (Å²) >= 11 is 0. The molecule has 0 amide bonds. The highest BCUT2D eigenvalue weighted by Crippen LogP contribution is 2.10. The molecule has 5 heteroatoms. The van der Waals surface area contributed by atoms with Gasteiger partial charge in [-0.15, -0.1) is 0 Å². The van der Waals surface area contributed by atoms with E-state index in [1.54, 1.807) is 0 Å². The van der Waals surface area contributed by atoms with Crippen molar-refractivity contribution in [1.82, 2.24) is 16.5 Å². The lowest BCUT2D eigenvalue weighted by atomic mass is 10.1. The van der Waals surface area contributed by atoms with E-state index < -0.39 is 0 Å². The number of unbranched alkanes of at least 4 members (excludes halogenated alkanes) is 10. The van der Waals surface area contributed by atoms with Gasteiger partial charge in [0.15, 0.2) is 0 Å². The average molecular weight is 259 g/mol. The highest BCUT2D eigenvalue weighted by Gasteiger charge is 1.93. The molecule has 0 aromatic heterocycles. The van der Waals surface area contributed by atoms with Gasteiger partial charge >= 0.3 is 0 Å². The molecule has 0 radical (unpaired) electrons. The third-order valence-corrected chi connectivity index (χ3v) is 3.17. The lowest BCUT2D eigenvalue weighted by molar-refractivity contribution is 0.431. The maximum absolute atomic E-state index is 5.46. The monoisotopic (exact) mass is 259 g/mol. The molecule has 0 aliphatic rings. The van der Waals surface area contributed by atoms with Gasteiger partial charge in [0.05, 0.1) is 0 Å². The fraction of sp³-hybridized carbons (Fsp3) is 1.00. The third kappa shape index (κ3) is 15.8. The van der Waals surface area contributed by atoms with Crippen molar-refractivity contribution in [2.75, 3.05) is 13.1 Å². The van der Waals surface area contributed by atoms with E-state index in [0.29, 0.717) is 0 Å². The highest BCUT2D eigenvalue weighted by molar-refractivity contribution is 4.49. The van der Waals surface area contributed by atoms with E-state index in [1.165, 1.54) is 70.6 Å². The number of nitrogens with one attached hydrogen (secondary N) is 3. The summed E-state index contributed by atoms with van der Waals surface area (Å²) in [6, 6.07) is 0. The van der Waals surface area contributed by atoms with Crippen LogP contribution in [0.2, 0.25) is 0 Å². The van der Waals surface area contributed by atoms with Crippen molar-refractivity contribution >= 4 is 0 Å². The minimum absolute atomic E-state index is 0.853. The zero-order chi connectivity index (χ0) is 13.3. The molecule has 18 heavy (non-hydrogen) atoms. The Morgan fingerprint density at radius 1 is 0.611 bits per heavy atom. The Bertz CT molecular complexity index is 127. The fourth-order valence-electron chi connectivity index (χ4n) is 2.06. The largest absolute Gasteiger partial charge is 0.330 e. The van der Waals surface area contributed by atoms with Gasteiger partial charge in [0.1, 0.15) is 0 Å². The summed E-state index contributed by atoms with van der Waals surface area (Å²) in [6.07, 6.45) is 14.7. The van der Waals surface area contributed by atoms with E-state index in [4.69, 9.17) is 11.6 Å². The average Bonchev–Trinajstić information content (AvgIpc) is 2.39. The van der Waals surface area contributed by atoms with Crippen molar-refractivity contribution in [2.24, 2.45) is 11.6 Å². The maximum atomic E-state index is 5.46. The predicted molar refractivity (Wildman–Crippen MR) is 78.3 cm³/mol. The van der Waals surface area contributed by atoms with E-state index in [2.05, 4.69) is 16.5 Å². The second-order valence-corrected chi connectivity index (χ2v) is 4.87. The van der Waals surface area contributed by atoms with Crippen LogP contribution in [0.15, 0.2) is 0 Å². The molecule has 0 aromatic rings. The lowest BCUT2D eigenvalue weighted by Crippen LogP contribution is -2.47. The molecular weight excluding hydrogens is 226 g/mol. The van der Waals surface area contributed by atoms with Crippen molar-refractivity contribution in [2.45, 2.75) is 70.6 Å². The first-order valence-corrected chi connectivity index (χ1v) is 7.55. The van der Waals surface area contributed by atoms with Crippen molar-refractivity contribution in [3.8, 4) is 0 Å². The van der Waals surface area contributed by atoms with Gasteiger partial charge in [-0.3, -0.25) is 5.84 Å². The quantitative estimate of drug-likeness (QED) is 0.175. The van der Waals surface area contributed by atoms with Crippen molar-refractivity contribution in [3.05, 3.63) is 0 Å². The number of hydrogen-bond acceptors (Lipinski definition) is 5. The molecule has 7 N–H and O–H groups in total. The summed E-state index contributed by atoms with van der Waals surface area (Å²) in [6.45, 7) is 1.82. The highest BCUT2D eigenvalue weighted by atomic mass is 15.7. The van der Waals surface area contributed by atoms with Crippen molar-refractivity contribution in [1.29, 1.82) is 0 Å². The normalized spacial score (nSPS) is 11.0. The van der Waals surface area contributed by atoms with Crippen LogP contribution in [0.25, 0.3) is 0 Å². The Morgan fingerprint density at radius 3 is 1.50 bits per heavy atom. The summed E-state index contributed by atoms with van der Waals surface area (Å²) < 4.78 is 0. The summed E-state index contributed by atoms with van der Waals surface area (Å²) in [5.74, 6) is 5.05. The summed E-state index contributed by atoms with van der Waals surface area (Å²) in [5, 5.41) is 0. The van der Waals surface area contributed by atoms with Crippen molar-refractivity contribution in [3.63, 3.8) is 0 Å². The first-order valence-electron chi connectivity index (χ1n) is 7.55. The third-order valence-electron chi connectivity index (χ3n) is 3.17. The number of rotatable bonds is 15. The molecule has 0 aliphatic carbocycles. The molecule has 5 nitrogen and oxygen atoms in total. The lowest BCUT2D eigenvalue weighted by Gasteiger charge is -2.05. The molecule has 110 valence electrons. The Kier molecular flexibility index (Phi) is 16.6. The van der Waals surface area contributed by atoms with Gasteiger partial charge in [0.25, 0.3) is 0 Å². The van der Waals surface area contributed by atoms with Crippen molar-refractivity contribution < 1.29 is 0 Å². The first-order chi connectivity index (χ1) is 8.91. The van der Waals surface area contributed by atoms with E-state index in [1.807, 2.05) is 0 Å². The molecule has 0 saturated heterocycles. The smallest absolute Gasteiger partial charge is 0.0113 e. The second-order valence-electron chi connectivity index (χ2n) is 4.87. The van der Waals surface area contributed by atoms with Gasteiger partial charge in [0.2, 0.25) is 0 Å². The Labute approximate surface area is 112 Å². The zero-order valence-electron chi connectivity index (χ0n) is 11.8. The van der Waals surface area contributed by atoms with E-state index in [9.17, 15) is 0 Å². The van der Waals surface area contributed by atoms with E-state index in [-0.39, 0.29) is 0 Å². The Balaban J connectivity index is 2.86. The van der Waals surface area contributed by atoms with Gasteiger partial charge in [0, 0.05) is 6.54 Å². The van der Waals surface area contributed by atoms with Crippen LogP contribution in [0, 0.1) is 0 Å². The minimum atomic E-state index is 0.853. The number of hydrogen-bond donors (Lipinski definition) is 5. The molecule has 0 bridgehead atoms. The topological polar surface area (TPSA) is 88.1 Å². The number of nitrogens with two attached hydrogens (primary N) is 2. The Hall–Kier alpha value is -0.200. The SMILES string of the molecule is NCCCCCCCCCCCCCNNNN. The maximum Gasteiger partial charge on any atom is 0.0113 e. The number of hydrazine groups is 3. The predicted octanol–water partition coefficient (Wildman–Crippen LogP) is 1.71. The van der Waals surface area contributed by atoms with E-state index in [0.717, 1.165) is 13.1 Å². The molecule has 0 aromatic carbocycles. The van der Waals surface area contributed by atoms with Gasteiger partial charge in [-0.1, -0.05) is 57.8 Å². The summed E-state index contributed by atoms with van der Waals surface area (Å²) in [4.78, 5) is 0. The Morgan fingerprint density at radius 2 is 1.06 bits per heavy atom. The van der Waals surface area contributed by atoms with Crippen LogP contribution >= 0.6 is 0 Å². The molecule has 0 aliphatic heterocycles. The van der Waals surface area contributed by atoms with Crippen LogP contribution in [-0.4, -0.2) is 13.1 Å². The van der Waals surface area contributed by atoms with Crippen LogP contribution < -0.4 is 28.1 Å². The van der Waals surface area contributed by atoms with Gasteiger partial charge in [-0.05, 0) is 19.4 Å². The first kappa shape index (κ1) is 17.8. The van der Waals surface area contributed by atoms with Crippen LogP contribution in [-0.2, 0) is 0 Å². The van der Waals surface area contributed by atoms with Gasteiger partial charge in [-0.2, -0.15) is 11.1 Å². The molecule has 0 rings (SSSR count). The van der Waals surface area contributed by atoms with E-state index >= 15 is 0 Å². The molecule has 0 fully saturated rings. The van der Waals surface area contributed by atoms with Crippen LogP contribution in [0.4, 0.5) is 0 Å². The summed E-state index contributed by atoms with van der Waals surface area (Å²) in [5.41, 5.74) is 13.4. The fourth-order valence-corrected chi connectivity index (χ4v) is 2.06. The summed E-state index contributed by atoms with van der Waals surface area (Å²) in [7, 11) is 0. The van der Waals surface area contributed by atoms with Gasteiger partial charge in [-0.25, -0.2) is 5.43 Å². The molecule has 0 saturated carbocycles. The van der Waals surface area contributed by atoms with Crippen LogP contribution in [0.5, 0.6) is 0 Å². The second kappa shape index (κ2) is 16.8. The molecule has 0 unspecified atom stereocenters. The minimum Gasteiger partial charge on any atom is -0.330 e. The van der Waals surface area contributed by atoms with Crippen LogP contribution in [0.3, 0.4) is 0 Å². The molecule has 0 atom stereocenters. The molecule has 0 spiro atoms. The standard InChI is InChI=1S/C13H33N5/c14-12-10-8-6-4-2-1-3-5-7-9-11-13-16-18-17-15/h16-18H,1-15H2. The van der Waals surface area contributed by atoms with Gasteiger partial charge < -0.3 is 5.73 Å². The molecular formula is C13H33N5. The molecule has 0 heterocycles. The zero-order valence-corrected chi connectivity index (χ0v) is 11.8. The van der Waals surface area contributed by atoms with Crippen LogP contribution in [0.1, 0.15) is 70.6 Å².